The first-order valence-electron chi connectivity index (χ1n) is 7.08. The van der Waals surface area contributed by atoms with Crippen molar-refractivity contribution in [1.82, 2.24) is 14.7 Å². The monoisotopic (exact) mass is 251 g/mol. The van der Waals surface area contributed by atoms with Crippen molar-refractivity contribution in [1.29, 1.82) is 0 Å². The van der Waals surface area contributed by atoms with Gasteiger partial charge in [0.25, 0.3) is 0 Å². The highest BCUT2D eigenvalue weighted by molar-refractivity contribution is 5.24. The number of nitrogens with zero attached hydrogens (tertiary/aromatic N) is 3. The van der Waals surface area contributed by atoms with Crippen LogP contribution in [0.15, 0.2) is 0 Å². The molecule has 0 aromatic carbocycles. The van der Waals surface area contributed by atoms with E-state index in [4.69, 9.17) is 5.11 Å². The SMILES string of the molecule is Cc1nn(CCN2CCCCC2)c(C)c1CCO. The highest BCUT2D eigenvalue weighted by Gasteiger charge is 2.13. The highest BCUT2D eigenvalue weighted by atomic mass is 16.2. The maximum absolute atomic E-state index is 9.07. The summed E-state index contributed by atoms with van der Waals surface area (Å²) in [5.41, 5.74) is 3.51. The highest BCUT2D eigenvalue weighted by Crippen LogP contribution is 2.14. The summed E-state index contributed by atoms with van der Waals surface area (Å²) in [7, 11) is 0. The van der Waals surface area contributed by atoms with Crippen molar-refractivity contribution in [2.45, 2.75) is 46.1 Å². The summed E-state index contributed by atoms with van der Waals surface area (Å²) in [5, 5.41) is 13.7. The molecule has 0 saturated carbocycles. The lowest BCUT2D eigenvalue weighted by Gasteiger charge is -2.26. The number of piperidine rings is 1. The number of aliphatic hydroxyl groups is 1. The van der Waals surface area contributed by atoms with Gasteiger partial charge in [-0.15, -0.1) is 0 Å². The van der Waals surface area contributed by atoms with Crippen molar-refractivity contribution >= 4 is 0 Å². The summed E-state index contributed by atoms with van der Waals surface area (Å²) in [5.74, 6) is 0. The van der Waals surface area contributed by atoms with Crippen molar-refractivity contribution in [3.8, 4) is 0 Å². The molecule has 18 heavy (non-hydrogen) atoms. The number of aliphatic hydroxyl groups excluding tert-OH is 1. The molecule has 2 rings (SSSR count). The number of rotatable bonds is 5. The third-order valence-corrected chi connectivity index (χ3v) is 3.97. The standard InChI is InChI=1S/C14H25N3O/c1-12-14(6-11-18)13(2)17(15-12)10-9-16-7-4-3-5-8-16/h18H,3-11H2,1-2H3. The first-order valence-corrected chi connectivity index (χ1v) is 7.08. The lowest BCUT2D eigenvalue weighted by Crippen LogP contribution is -2.32. The second-order valence-electron chi connectivity index (χ2n) is 5.25. The van der Waals surface area contributed by atoms with E-state index in [2.05, 4.69) is 21.6 Å². The van der Waals surface area contributed by atoms with Gasteiger partial charge >= 0.3 is 0 Å². The van der Waals surface area contributed by atoms with Crippen LogP contribution in [-0.4, -0.2) is 46.0 Å². The Kier molecular flexibility index (Phi) is 4.78. The van der Waals surface area contributed by atoms with Gasteiger partial charge in [0, 0.05) is 18.8 Å². The number of aryl methyl sites for hydroxylation is 1. The van der Waals surface area contributed by atoms with Crippen LogP contribution in [0.4, 0.5) is 0 Å². The van der Waals surface area contributed by atoms with E-state index in [-0.39, 0.29) is 6.61 Å². The van der Waals surface area contributed by atoms with Crippen LogP contribution >= 0.6 is 0 Å². The van der Waals surface area contributed by atoms with Crippen LogP contribution in [0.2, 0.25) is 0 Å². The van der Waals surface area contributed by atoms with Crippen LogP contribution in [0, 0.1) is 13.8 Å². The zero-order chi connectivity index (χ0) is 13.0. The fourth-order valence-corrected chi connectivity index (χ4v) is 2.84. The van der Waals surface area contributed by atoms with Gasteiger partial charge in [0.1, 0.15) is 0 Å². The first kappa shape index (κ1) is 13.6. The fourth-order valence-electron chi connectivity index (χ4n) is 2.84. The minimum atomic E-state index is 0.208. The van der Waals surface area contributed by atoms with Crippen molar-refractivity contribution in [3.05, 3.63) is 17.0 Å². The van der Waals surface area contributed by atoms with Crippen LogP contribution in [0.5, 0.6) is 0 Å². The summed E-state index contributed by atoms with van der Waals surface area (Å²) >= 11 is 0. The van der Waals surface area contributed by atoms with Gasteiger partial charge in [-0.25, -0.2) is 0 Å². The van der Waals surface area contributed by atoms with E-state index >= 15 is 0 Å². The molecule has 1 N–H and O–H groups in total. The first-order chi connectivity index (χ1) is 8.72. The Balaban J connectivity index is 1.94. The molecule has 1 saturated heterocycles. The second kappa shape index (κ2) is 6.34. The van der Waals surface area contributed by atoms with Crippen LogP contribution in [0.25, 0.3) is 0 Å². The van der Waals surface area contributed by atoms with Gasteiger partial charge in [0.05, 0.1) is 12.2 Å². The second-order valence-corrected chi connectivity index (χ2v) is 5.25. The third kappa shape index (κ3) is 3.12. The number of aromatic nitrogens is 2. The summed E-state index contributed by atoms with van der Waals surface area (Å²) in [6.45, 7) is 8.90. The van der Waals surface area contributed by atoms with Crippen LogP contribution in [0.3, 0.4) is 0 Å². The van der Waals surface area contributed by atoms with Gasteiger partial charge in [-0.05, 0) is 51.8 Å². The summed E-state index contributed by atoms with van der Waals surface area (Å²) in [6, 6.07) is 0. The Morgan fingerprint density at radius 1 is 1.11 bits per heavy atom. The van der Waals surface area contributed by atoms with Crippen LogP contribution in [-0.2, 0) is 13.0 Å². The van der Waals surface area contributed by atoms with Crippen molar-refractivity contribution in [2.24, 2.45) is 0 Å². The third-order valence-electron chi connectivity index (χ3n) is 3.97. The van der Waals surface area contributed by atoms with Crippen molar-refractivity contribution in [2.75, 3.05) is 26.2 Å². The smallest absolute Gasteiger partial charge is 0.0629 e. The molecule has 0 bridgehead atoms. The van der Waals surface area contributed by atoms with Gasteiger partial charge in [-0.1, -0.05) is 6.42 Å². The zero-order valence-electron chi connectivity index (χ0n) is 11.7. The molecular formula is C14H25N3O. The molecule has 2 heterocycles. The van der Waals surface area contributed by atoms with E-state index in [1.54, 1.807) is 0 Å². The Morgan fingerprint density at radius 2 is 1.83 bits per heavy atom. The van der Waals surface area contributed by atoms with Crippen LogP contribution < -0.4 is 0 Å². The van der Waals surface area contributed by atoms with E-state index in [0.717, 1.165) is 25.2 Å². The number of hydrogen-bond acceptors (Lipinski definition) is 3. The van der Waals surface area contributed by atoms with E-state index < -0.39 is 0 Å². The fraction of sp³-hybridized carbons (Fsp3) is 0.786. The Bertz CT molecular complexity index is 381. The molecule has 0 atom stereocenters. The van der Waals surface area contributed by atoms with Gasteiger partial charge in [-0.3, -0.25) is 4.68 Å². The molecule has 1 aliphatic heterocycles. The average Bonchev–Trinajstić information content (AvgIpc) is 2.66. The molecule has 0 unspecified atom stereocenters. The van der Waals surface area contributed by atoms with Gasteiger partial charge < -0.3 is 10.0 Å². The summed E-state index contributed by atoms with van der Waals surface area (Å²) in [4.78, 5) is 2.53. The normalized spacial score (nSPS) is 17.3. The Morgan fingerprint density at radius 3 is 2.50 bits per heavy atom. The molecule has 0 aliphatic carbocycles. The molecule has 0 amide bonds. The summed E-state index contributed by atoms with van der Waals surface area (Å²) in [6.07, 6.45) is 4.79. The molecule has 1 aromatic heterocycles. The van der Waals surface area contributed by atoms with Crippen molar-refractivity contribution in [3.63, 3.8) is 0 Å². The van der Waals surface area contributed by atoms with E-state index in [0.29, 0.717) is 0 Å². The predicted octanol–water partition coefficient (Wildman–Crippen LogP) is 1.52. The maximum Gasteiger partial charge on any atom is 0.0629 e. The van der Waals surface area contributed by atoms with E-state index in [1.165, 1.54) is 43.6 Å². The molecule has 102 valence electrons. The quantitative estimate of drug-likeness (QED) is 0.862. The minimum Gasteiger partial charge on any atom is -0.396 e. The van der Waals surface area contributed by atoms with Crippen molar-refractivity contribution < 1.29 is 5.11 Å². The molecule has 0 radical (unpaired) electrons. The molecule has 4 nitrogen and oxygen atoms in total. The summed E-state index contributed by atoms with van der Waals surface area (Å²) < 4.78 is 2.11. The maximum atomic E-state index is 9.07. The largest absolute Gasteiger partial charge is 0.396 e. The molecule has 4 heteroatoms. The molecule has 1 aromatic rings. The van der Waals surface area contributed by atoms with E-state index in [9.17, 15) is 0 Å². The lowest BCUT2D eigenvalue weighted by atomic mass is 10.1. The number of likely N-dealkylation sites (tertiary alicyclic amines) is 1. The number of hydrogen-bond donors (Lipinski definition) is 1. The lowest BCUT2D eigenvalue weighted by molar-refractivity contribution is 0.217. The predicted molar refractivity (Wildman–Crippen MR) is 72.8 cm³/mol. The topological polar surface area (TPSA) is 41.3 Å². The minimum absolute atomic E-state index is 0.208. The Labute approximate surface area is 110 Å². The molecule has 0 spiro atoms. The van der Waals surface area contributed by atoms with Gasteiger partial charge in [-0.2, -0.15) is 5.10 Å². The zero-order valence-corrected chi connectivity index (χ0v) is 11.7. The average molecular weight is 251 g/mol. The molecule has 1 fully saturated rings. The van der Waals surface area contributed by atoms with Gasteiger partial charge in [0.15, 0.2) is 0 Å². The van der Waals surface area contributed by atoms with Gasteiger partial charge in [0.2, 0.25) is 0 Å². The Hall–Kier alpha value is -0.870. The van der Waals surface area contributed by atoms with E-state index in [1.807, 2.05) is 6.92 Å². The van der Waals surface area contributed by atoms with Crippen LogP contribution in [0.1, 0.15) is 36.2 Å². The molecular weight excluding hydrogens is 226 g/mol. The molecule has 1 aliphatic rings.